The molecule has 0 spiro atoms. The smallest absolute Gasteiger partial charge is 0.418 e. The molecule has 0 aliphatic carbocycles. The van der Waals surface area contributed by atoms with Gasteiger partial charge in [-0.15, -0.1) is 0 Å². The van der Waals surface area contributed by atoms with E-state index < -0.39 is 14.5 Å². The first-order chi connectivity index (χ1) is 31.0. The summed E-state index contributed by atoms with van der Waals surface area (Å²) in [6.07, 6.45) is 18.4. The molecular formula is C28H28Ag2B2F8N28. The van der Waals surface area contributed by atoms with E-state index in [1.54, 1.807) is 24.8 Å². The summed E-state index contributed by atoms with van der Waals surface area (Å²) in [5.74, 6) is 1.83. The van der Waals surface area contributed by atoms with Crippen LogP contribution in [-0.2, 0) is 44.8 Å². The zero-order valence-corrected chi connectivity index (χ0v) is 36.2. The molecule has 0 bridgehead atoms. The van der Waals surface area contributed by atoms with E-state index in [0.29, 0.717) is 46.1 Å². The fraction of sp³-hybridized carbons (Fsp3) is 0. The fourth-order valence-corrected chi connectivity index (χ4v) is 3.75. The van der Waals surface area contributed by atoms with Crippen LogP contribution in [0, 0.1) is 0 Å². The molecule has 40 heteroatoms. The van der Waals surface area contributed by atoms with Gasteiger partial charge in [0.15, 0.2) is 23.3 Å². The molecule has 0 unspecified atom stereocenters. The van der Waals surface area contributed by atoms with Crippen molar-refractivity contribution in [3.63, 3.8) is 0 Å². The summed E-state index contributed by atoms with van der Waals surface area (Å²) in [6, 6.07) is 0. The molecule has 68 heavy (non-hydrogen) atoms. The SMILES string of the molecule is F[B-](F)(F)F.F[B-](F)(F)F.Nc1nc(N)nc(-c2cnccn2)n1.Nc1nc(N)nc(-c2cnccn2)n1.Nc1nc(N)nc(-c2cnccn2)n1.Nc1nc(N)nc(-c2cnccn2)n1.[Ag+].[Ag+]. The number of rotatable bonds is 4. The Kier molecular flexibility index (Phi) is 23.8. The van der Waals surface area contributed by atoms with Crippen LogP contribution < -0.4 is 45.9 Å². The topological polar surface area (TPSA) is 466 Å². The van der Waals surface area contributed by atoms with Crippen molar-refractivity contribution in [3.05, 3.63) is 74.4 Å². The number of aromatic nitrogens is 20. The standard InChI is InChI=1S/4C7H7N7.2Ag.2BF4/c4*8-6-12-5(13-7(9)14-6)4-3-10-1-2-11-4;;;2*2-1(3,4)5/h4*1-3H,(H4,8,9,12,13,14);;;;/q;;;;2*+1;2*-1. The normalized spacial score (nSPS) is 10.0. The molecule has 0 aromatic carbocycles. The molecular weight excluding hydrogens is 1120 g/mol. The van der Waals surface area contributed by atoms with Crippen LogP contribution in [0.3, 0.4) is 0 Å². The Morgan fingerprint density at radius 3 is 0.529 bits per heavy atom. The maximum Gasteiger partial charge on any atom is 1.00 e. The van der Waals surface area contributed by atoms with E-state index in [9.17, 15) is 34.5 Å². The third kappa shape index (κ3) is 24.2. The average molecular weight is 1150 g/mol. The summed E-state index contributed by atoms with van der Waals surface area (Å²) in [5.41, 5.74) is 45.3. The zero-order valence-electron chi connectivity index (χ0n) is 33.3. The molecule has 0 aliphatic heterocycles. The fourth-order valence-electron chi connectivity index (χ4n) is 3.75. The number of halogens is 8. The summed E-state index contributed by atoms with van der Waals surface area (Å²) >= 11 is 0. The Morgan fingerprint density at radius 1 is 0.265 bits per heavy atom. The van der Waals surface area contributed by atoms with Crippen LogP contribution in [0.1, 0.15) is 0 Å². The molecule has 0 aliphatic rings. The van der Waals surface area contributed by atoms with E-state index in [1.165, 1.54) is 49.6 Å². The van der Waals surface area contributed by atoms with Crippen LogP contribution in [0.2, 0.25) is 0 Å². The van der Waals surface area contributed by atoms with E-state index in [4.69, 9.17) is 45.9 Å². The molecule has 364 valence electrons. The number of nitrogens with two attached hydrogens (primary N) is 8. The van der Waals surface area contributed by atoms with Gasteiger partial charge in [-0.2, -0.15) is 59.8 Å². The van der Waals surface area contributed by atoms with Gasteiger partial charge in [-0.25, -0.2) is 19.9 Å². The molecule has 8 rings (SSSR count). The predicted molar refractivity (Wildman–Crippen MR) is 219 cm³/mol. The van der Waals surface area contributed by atoms with Crippen molar-refractivity contribution in [3.8, 4) is 46.1 Å². The van der Waals surface area contributed by atoms with E-state index in [2.05, 4.69) is 99.7 Å². The quantitative estimate of drug-likeness (QED) is 0.0882. The number of hydrogen-bond donors (Lipinski definition) is 8. The summed E-state index contributed by atoms with van der Waals surface area (Å²) in [7, 11) is -12.0. The third-order valence-corrected chi connectivity index (χ3v) is 5.85. The summed E-state index contributed by atoms with van der Waals surface area (Å²) in [6.45, 7) is 0. The second-order valence-electron chi connectivity index (χ2n) is 10.9. The van der Waals surface area contributed by atoms with Crippen LogP contribution in [0.15, 0.2) is 74.4 Å². The van der Waals surface area contributed by atoms with Crippen molar-refractivity contribution in [2.75, 3.05) is 45.9 Å². The second-order valence-corrected chi connectivity index (χ2v) is 10.9. The van der Waals surface area contributed by atoms with Gasteiger partial charge in [-0.1, -0.05) is 0 Å². The minimum Gasteiger partial charge on any atom is -0.418 e. The van der Waals surface area contributed by atoms with Crippen molar-refractivity contribution < 1.29 is 79.3 Å². The Labute approximate surface area is 405 Å². The number of hydrogen-bond acceptors (Lipinski definition) is 28. The third-order valence-electron chi connectivity index (χ3n) is 5.85. The molecule has 0 fully saturated rings. The van der Waals surface area contributed by atoms with E-state index in [1.807, 2.05) is 0 Å². The Morgan fingerprint density at radius 2 is 0.412 bits per heavy atom. The maximum absolute atomic E-state index is 9.75. The van der Waals surface area contributed by atoms with Crippen LogP contribution in [0.25, 0.3) is 46.1 Å². The van der Waals surface area contributed by atoms with Crippen molar-refractivity contribution >= 4 is 62.1 Å². The predicted octanol–water partition coefficient (Wildman–Crippen LogP) is 0.567. The molecule has 8 aromatic heterocycles. The van der Waals surface area contributed by atoms with Gasteiger partial charge in [-0.3, -0.25) is 19.9 Å². The van der Waals surface area contributed by atoms with Crippen LogP contribution >= 0.6 is 0 Å². The Bertz CT molecular complexity index is 2260. The molecule has 0 radical (unpaired) electrons. The van der Waals surface area contributed by atoms with Gasteiger partial charge in [0, 0.05) is 49.6 Å². The van der Waals surface area contributed by atoms with Crippen molar-refractivity contribution in [2.45, 2.75) is 0 Å². The average Bonchev–Trinajstić information content (AvgIpc) is 3.23. The van der Waals surface area contributed by atoms with Gasteiger partial charge >= 0.3 is 59.3 Å². The number of nitrogen functional groups attached to an aromatic ring is 8. The van der Waals surface area contributed by atoms with Gasteiger partial charge in [0.05, 0.1) is 24.8 Å². The molecule has 16 N–H and O–H groups in total. The second kappa shape index (κ2) is 28.0. The van der Waals surface area contributed by atoms with Crippen molar-refractivity contribution in [1.82, 2.24) is 99.7 Å². The summed E-state index contributed by atoms with van der Waals surface area (Å²) in [5, 5.41) is 0. The van der Waals surface area contributed by atoms with Gasteiger partial charge < -0.3 is 80.4 Å². The van der Waals surface area contributed by atoms with Gasteiger partial charge in [0.25, 0.3) is 0 Å². The molecule has 0 saturated heterocycles. The zero-order chi connectivity index (χ0) is 48.9. The minimum absolute atomic E-state index is 0. The summed E-state index contributed by atoms with van der Waals surface area (Å²) < 4.78 is 78.0. The van der Waals surface area contributed by atoms with Gasteiger partial charge in [-0.05, 0) is 0 Å². The van der Waals surface area contributed by atoms with E-state index >= 15 is 0 Å². The molecule has 8 aromatic rings. The largest absolute Gasteiger partial charge is 1.00 e. The van der Waals surface area contributed by atoms with E-state index in [0.717, 1.165) is 0 Å². The molecule has 28 nitrogen and oxygen atoms in total. The number of anilines is 8. The van der Waals surface area contributed by atoms with Crippen LogP contribution in [0.5, 0.6) is 0 Å². The van der Waals surface area contributed by atoms with Gasteiger partial charge in [0.2, 0.25) is 47.6 Å². The van der Waals surface area contributed by atoms with Crippen LogP contribution in [0.4, 0.5) is 82.1 Å². The molecule has 8 heterocycles. The first-order valence-electron chi connectivity index (χ1n) is 16.9. The first kappa shape index (κ1) is 57.8. The maximum atomic E-state index is 9.75. The molecule has 0 amide bonds. The molecule has 0 atom stereocenters. The van der Waals surface area contributed by atoms with E-state index in [-0.39, 0.29) is 92.3 Å². The number of nitrogens with zero attached hydrogens (tertiary/aromatic N) is 20. The summed E-state index contributed by atoms with van der Waals surface area (Å²) in [4.78, 5) is 77.1. The Hall–Kier alpha value is -8.19. The first-order valence-corrected chi connectivity index (χ1v) is 16.9. The van der Waals surface area contributed by atoms with Crippen molar-refractivity contribution in [1.29, 1.82) is 0 Å². The molecule has 0 saturated carbocycles. The minimum atomic E-state index is -6.00. The van der Waals surface area contributed by atoms with Crippen molar-refractivity contribution in [2.24, 2.45) is 0 Å². The Balaban J connectivity index is 0.000000421. The van der Waals surface area contributed by atoms with Crippen LogP contribution in [-0.4, -0.2) is 114 Å². The monoisotopic (exact) mass is 1140 g/mol. The van der Waals surface area contributed by atoms with Gasteiger partial charge in [0.1, 0.15) is 22.8 Å².